The molecule has 0 bridgehead atoms. The molecule has 0 aliphatic carbocycles. The lowest BCUT2D eigenvalue weighted by Crippen LogP contribution is -2.38. The highest BCUT2D eigenvalue weighted by Crippen LogP contribution is 2.25. The van der Waals surface area contributed by atoms with Crippen molar-refractivity contribution < 1.29 is 33.3 Å². The summed E-state index contributed by atoms with van der Waals surface area (Å²) in [6.07, 6.45) is -0.0516. The summed E-state index contributed by atoms with van der Waals surface area (Å²) in [7, 11) is 5.88. The number of esters is 1. The molecule has 2 amide bonds. The number of nitrogens with one attached hydrogen (secondary N) is 1. The van der Waals surface area contributed by atoms with Crippen LogP contribution in [0, 0.1) is 0 Å². The van der Waals surface area contributed by atoms with E-state index in [1.165, 1.54) is 33.2 Å². The monoisotopic (exact) mass is 458 g/mol. The predicted molar refractivity (Wildman–Crippen MR) is 121 cm³/mol. The number of hydrogen-bond acceptors (Lipinski definition) is 7. The molecule has 0 aliphatic heterocycles. The fourth-order valence-corrected chi connectivity index (χ4v) is 3.27. The molecule has 0 fully saturated rings. The average Bonchev–Trinajstić information content (AvgIpc) is 2.82. The van der Waals surface area contributed by atoms with Gasteiger partial charge in [-0.25, -0.2) is 0 Å². The van der Waals surface area contributed by atoms with Crippen LogP contribution in [0.15, 0.2) is 42.5 Å². The van der Waals surface area contributed by atoms with Crippen molar-refractivity contribution >= 4 is 17.8 Å². The Hall–Kier alpha value is -3.75. The van der Waals surface area contributed by atoms with E-state index in [9.17, 15) is 14.4 Å². The number of carbonyl (C=O) groups excluding carboxylic acids is 3. The van der Waals surface area contributed by atoms with E-state index in [0.717, 1.165) is 5.56 Å². The van der Waals surface area contributed by atoms with E-state index in [0.29, 0.717) is 22.8 Å². The molecule has 178 valence electrons. The SMILES string of the molecule is COC(=O)CN(Cc1cc(OC)cc(OC)c1)C(=O)CC(NC(C)=O)c1ccc(OC)cc1. The molecule has 2 aromatic carbocycles. The van der Waals surface area contributed by atoms with Crippen LogP contribution in [0.1, 0.15) is 30.5 Å². The highest BCUT2D eigenvalue weighted by atomic mass is 16.5. The third-order valence-electron chi connectivity index (χ3n) is 4.96. The van der Waals surface area contributed by atoms with Crippen molar-refractivity contribution in [1.29, 1.82) is 0 Å². The molecule has 9 nitrogen and oxygen atoms in total. The van der Waals surface area contributed by atoms with Crippen LogP contribution in [0.3, 0.4) is 0 Å². The Morgan fingerprint density at radius 3 is 1.94 bits per heavy atom. The Bertz CT molecular complexity index is 938. The first kappa shape index (κ1) is 25.5. The van der Waals surface area contributed by atoms with Crippen molar-refractivity contribution in [1.82, 2.24) is 10.2 Å². The first-order chi connectivity index (χ1) is 15.8. The standard InChI is InChI=1S/C24H30N2O7/c1-16(27)25-22(18-6-8-19(30-2)9-7-18)13-23(28)26(15-24(29)33-5)14-17-10-20(31-3)12-21(11-17)32-4/h6-12,22H,13-15H2,1-5H3,(H,25,27). The highest BCUT2D eigenvalue weighted by molar-refractivity contribution is 5.83. The molecule has 0 heterocycles. The number of amides is 2. The number of hydrogen-bond donors (Lipinski definition) is 1. The molecule has 0 spiro atoms. The van der Waals surface area contributed by atoms with Gasteiger partial charge in [0.1, 0.15) is 23.8 Å². The Morgan fingerprint density at radius 2 is 1.45 bits per heavy atom. The van der Waals surface area contributed by atoms with Crippen LogP contribution < -0.4 is 19.5 Å². The normalized spacial score (nSPS) is 11.2. The van der Waals surface area contributed by atoms with Gasteiger partial charge in [0.15, 0.2) is 0 Å². The number of benzene rings is 2. The lowest BCUT2D eigenvalue weighted by atomic mass is 10.0. The summed E-state index contributed by atoms with van der Waals surface area (Å²) in [5.41, 5.74) is 1.45. The van der Waals surface area contributed by atoms with Crippen molar-refractivity contribution in [3.8, 4) is 17.2 Å². The maximum Gasteiger partial charge on any atom is 0.325 e. The number of carbonyl (C=O) groups is 3. The second-order valence-electron chi connectivity index (χ2n) is 7.28. The molecule has 1 N–H and O–H groups in total. The highest BCUT2D eigenvalue weighted by Gasteiger charge is 2.24. The average molecular weight is 459 g/mol. The molecule has 2 rings (SSSR count). The zero-order chi connectivity index (χ0) is 24.4. The van der Waals surface area contributed by atoms with Crippen LogP contribution in [0.5, 0.6) is 17.2 Å². The zero-order valence-electron chi connectivity index (χ0n) is 19.5. The molecule has 0 aromatic heterocycles. The van der Waals surface area contributed by atoms with Crippen LogP contribution in [0.25, 0.3) is 0 Å². The van der Waals surface area contributed by atoms with Crippen molar-refractivity contribution in [2.24, 2.45) is 0 Å². The number of ether oxygens (including phenoxy) is 4. The van der Waals surface area contributed by atoms with Gasteiger partial charge in [-0.05, 0) is 35.4 Å². The Kier molecular flexibility index (Phi) is 9.53. The minimum Gasteiger partial charge on any atom is -0.497 e. The van der Waals surface area contributed by atoms with E-state index < -0.39 is 12.0 Å². The first-order valence-corrected chi connectivity index (χ1v) is 10.3. The quantitative estimate of drug-likeness (QED) is 0.516. The maximum absolute atomic E-state index is 13.3. The largest absolute Gasteiger partial charge is 0.497 e. The van der Waals surface area contributed by atoms with E-state index >= 15 is 0 Å². The Labute approximate surface area is 193 Å². The third-order valence-corrected chi connectivity index (χ3v) is 4.96. The lowest BCUT2D eigenvalue weighted by Gasteiger charge is -2.25. The van der Waals surface area contributed by atoms with Gasteiger partial charge in [0.05, 0.1) is 40.9 Å². The Morgan fingerprint density at radius 1 is 0.879 bits per heavy atom. The lowest BCUT2D eigenvalue weighted by molar-refractivity contribution is -0.147. The minimum absolute atomic E-state index is 0.0516. The van der Waals surface area contributed by atoms with Crippen molar-refractivity contribution in [3.63, 3.8) is 0 Å². The summed E-state index contributed by atoms with van der Waals surface area (Å²) >= 11 is 0. The van der Waals surface area contributed by atoms with Gasteiger partial charge in [0.25, 0.3) is 0 Å². The van der Waals surface area contributed by atoms with Gasteiger partial charge in [-0.3, -0.25) is 14.4 Å². The van der Waals surface area contributed by atoms with Crippen LogP contribution >= 0.6 is 0 Å². The summed E-state index contributed by atoms with van der Waals surface area (Å²) in [4.78, 5) is 38.5. The van der Waals surface area contributed by atoms with E-state index in [-0.39, 0.29) is 31.3 Å². The smallest absolute Gasteiger partial charge is 0.325 e. The predicted octanol–water partition coefficient (Wildman–Crippen LogP) is 2.48. The number of rotatable bonds is 11. The molecular weight excluding hydrogens is 428 g/mol. The van der Waals surface area contributed by atoms with Crippen LogP contribution in [0.4, 0.5) is 0 Å². The molecule has 33 heavy (non-hydrogen) atoms. The van der Waals surface area contributed by atoms with Crippen LogP contribution in [-0.2, 0) is 25.7 Å². The molecule has 0 aliphatic rings. The molecule has 0 saturated carbocycles. The molecule has 0 saturated heterocycles. The number of methoxy groups -OCH3 is 4. The maximum atomic E-state index is 13.3. The van der Waals surface area contributed by atoms with Gasteiger partial charge in [0.2, 0.25) is 11.8 Å². The van der Waals surface area contributed by atoms with Crippen molar-refractivity contribution in [2.75, 3.05) is 35.0 Å². The summed E-state index contributed by atoms with van der Waals surface area (Å²) in [5, 5.41) is 2.80. The van der Waals surface area contributed by atoms with E-state index in [4.69, 9.17) is 18.9 Å². The number of nitrogens with zero attached hydrogens (tertiary/aromatic N) is 1. The van der Waals surface area contributed by atoms with Crippen LogP contribution in [0.2, 0.25) is 0 Å². The second-order valence-corrected chi connectivity index (χ2v) is 7.28. The van der Waals surface area contributed by atoms with Crippen molar-refractivity contribution in [3.05, 3.63) is 53.6 Å². The van der Waals surface area contributed by atoms with E-state index in [1.807, 2.05) is 0 Å². The third kappa shape index (κ3) is 7.71. The Balaban J connectivity index is 2.30. The molecule has 1 atom stereocenters. The van der Waals surface area contributed by atoms with Gasteiger partial charge in [-0.15, -0.1) is 0 Å². The van der Waals surface area contributed by atoms with Gasteiger partial charge >= 0.3 is 5.97 Å². The van der Waals surface area contributed by atoms with Gasteiger partial charge in [0, 0.05) is 19.5 Å². The topological polar surface area (TPSA) is 103 Å². The molecule has 0 radical (unpaired) electrons. The summed E-state index contributed by atoms with van der Waals surface area (Å²) in [6, 6.07) is 11.7. The molecule has 1 unspecified atom stereocenters. The van der Waals surface area contributed by atoms with Crippen LogP contribution in [-0.4, -0.2) is 57.7 Å². The first-order valence-electron chi connectivity index (χ1n) is 10.3. The summed E-state index contributed by atoms with van der Waals surface area (Å²) < 4.78 is 20.5. The van der Waals surface area contributed by atoms with E-state index in [1.54, 1.807) is 49.6 Å². The fourth-order valence-electron chi connectivity index (χ4n) is 3.27. The second kappa shape index (κ2) is 12.3. The van der Waals surface area contributed by atoms with Crippen molar-refractivity contribution in [2.45, 2.75) is 25.9 Å². The molecule has 9 heteroatoms. The van der Waals surface area contributed by atoms with Gasteiger partial charge in [-0.2, -0.15) is 0 Å². The van der Waals surface area contributed by atoms with Gasteiger partial charge < -0.3 is 29.2 Å². The van der Waals surface area contributed by atoms with Gasteiger partial charge in [-0.1, -0.05) is 12.1 Å². The summed E-state index contributed by atoms with van der Waals surface area (Å²) in [5.74, 6) is 0.607. The molecular formula is C24H30N2O7. The minimum atomic E-state index is -0.583. The summed E-state index contributed by atoms with van der Waals surface area (Å²) in [6.45, 7) is 1.26. The fraction of sp³-hybridized carbons (Fsp3) is 0.375. The molecule has 2 aromatic rings. The zero-order valence-corrected chi connectivity index (χ0v) is 19.5. The van der Waals surface area contributed by atoms with E-state index in [2.05, 4.69) is 5.32 Å².